The lowest BCUT2D eigenvalue weighted by molar-refractivity contribution is -0.133. The maximum Gasteiger partial charge on any atom is 0.226 e. The fourth-order valence-corrected chi connectivity index (χ4v) is 2.65. The van der Waals surface area contributed by atoms with Gasteiger partial charge in [-0.2, -0.15) is 0 Å². The molecule has 0 atom stereocenters. The van der Waals surface area contributed by atoms with E-state index in [0.717, 1.165) is 32.7 Å². The first-order chi connectivity index (χ1) is 10.5. The largest absolute Gasteiger partial charge is 0.508 e. The summed E-state index contributed by atoms with van der Waals surface area (Å²) in [6.45, 7) is 9.46. The number of nitrogens with zero attached hydrogens (tertiary/aromatic N) is 2. The number of phenolic OH excluding ortho intramolecular Hbond substituents is 1. The number of hydrogen-bond donors (Lipinski definition) is 1. The molecule has 1 N–H and O–H groups in total. The van der Waals surface area contributed by atoms with Gasteiger partial charge in [-0.1, -0.05) is 13.8 Å². The molecule has 0 spiro atoms. The van der Waals surface area contributed by atoms with Gasteiger partial charge < -0.3 is 14.7 Å². The van der Waals surface area contributed by atoms with Crippen molar-refractivity contribution in [2.45, 2.75) is 20.3 Å². The zero-order valence-corrected chi connectivity index (χ0v) is 13.5. The number of aromatic hydroxyl groups is 1. The molecule has 1 fully saturated rings. The Bertz CT molecular complexity index is 465. The number of amides is 1. The third-order valence-corrected chi connectivity index (χ3v) is 3.77. The molecule has 0 aromatic heterocycles. The van der Waals surface area contributed by atoms with Crippen LogP contribution in [-0.2, 0) is 4.79 Å². The van der Waals surface area contributed by atoms with E-state index in [0.29, 0.717) is 24.7 Å². The van der Waals surface area contributed by atoms with Gasteiger partial charge in [-0.05, 0) is 30.2 Å². The molecule has 22 heavy (non-hydrogen) atoms. The fourth-order valence-electron chi connectivity index (χ4n) is 2.65. The summed E-state index contributed by atoms with van der Waals surface area (Å²) in [6.07, 6.45) is 0.394. The summed E-state index contributed by atoms with van der Waals surface area (Å²) in [6, 6.07) is 6.55. The standard InChI is InChI=1S/C17H26N2O3/c1-14(2)13-18-8-10-19(11-9-18)17(21)7-12-22-16-5-3-15(20)4-6-16/h3-6,14,20H,7-13H2,1-2H3. The summed E-state index contributed by atoms with van der Waals surface area (Å²) >= 11 is 0. The van der Waals surface area contributed by atoms with Gasteiger partial charge in [0.2, 0.25) is 5.91 Å². The van der Waals surface area contributed by atoms with E-state index in [2.05, 4.69) is 18.7 Å². The second kappa shape index (κ2) is 8.03. The minimum Gasteiger partial charge on any atom is -0.508 e. The molecule has 5 heteroatoms. The number of carbonyl (C=O) groups excluding carboxylic acids is 1. The van der Waals surface area contributed by atoms with Crippen LogP contribution in [0.1, 0.15) is 20.3 Å². The average molecular weight is 306 g/mol. The Morgan fingerprint density at radius 1 is 1.18 bits per heavy atom. The quantitative estimate of drug-likeness (QED) is 0.873. The van der Waals surface area contributed by atoms with Crippen molar-refractivity contribution in [3.63, 3.8) is 0 Å². The van der Waals surface area contributed by atoms with Gasteiger partial charge in [0.25, 0.3) is 0 Å². The van der Waals surface area contributed by atoms with Crippen molar-refractivity contribution in [2.24, 2.45) is 5.92 Å². The van der Waals surface area contributed by atoms with Crippen molar-refractivity contribution in [2.75, 3.05) is 39.3 Å². The summed E-state index contributed by atoms with van der Waals surface area (Å²) in [5, 5.41) is 9.20. The fraction of sp³-hybridized carbons (Fsp3) is 0.588. The van der Waals surface area contributed by atoms with Crippen LogP contribution in [0, 0.1) is 5.92 Å². The van der Waals surface area contributed by atoms with Crippen LogP contribution in [0.25, 0.3) is 0 Å². The number of carbonyl (C=O) groups is 1. The van der Waals surface area contributed by atoms with Crippen molar-refractivity contribution >= 4 is 5.91 Å². The lowest BCUT2D eigenvalue weighted by Gasteiger charge is -2.35. The molecule has 1 saturated heterocycles. The highest BCUT2D eigenvalue weighted by Crippen LogP contribution is 2.16. The first kappa shape index (κ1) is 16.6. The second-order valence-corrected chi connectivity index (χ2v) is 6.17. The van der Waals surface area contributed by atoms with Crippen LogP contribution in [-0.4, -0.2) is 60.1 Å². The maximum absolute atomic E-state index is 12.2. The second-order valence-electron chi connectivity index (χ2n) is 6.17. The topological polar surface area (TPSA) is 53.0 Å². The Balaban J connectivity index is 1.67. The van der Waals surface area contributed by atoms with E-state index >= 15 is 0 Å². The van der Waals surface area contributed by atoms with E-state index in [9.17, 15) is 9.90 Å². The molecular weight excluding hydrogens is 280 g/mol. The van der Waals surface area contributed by atoms with Gasteiger partial charge in [0, 0.05) is 32.7 Å². The van der Waals surface area contributed by atoms with Crippen molar-refractivity contribution in [1.29, 1.82) is 0 Å². The maximum atomic E-state index is 12.2. The Morgan fingerprint density at radius 2 is 1.82 bits per heavy atom. The zero-order chi connectivity index (χ0) is 15.9. The highest BCUT2D eigenvalue weighted by atomic mass is 16.5. The van der Waals surface area contributed by atoms with E-state index < -0.39 is 0 Å². The molecule has 2 rings (SSSR count). The van der Waals surface area contributed by atoms with Gasteiger partial charge in [-0.3, -0.25) is 9.69 Å². The predicted octanol–water partition coefficient (Wildman–Crippen LogP) is 1.96. The Kier molecular flexibility index (Phi) is 6.07. The predicted molar refractivity (Wildman–Crippen MR) is 86.1 cm³/mol. The molecule has 1 aromatic rings. The summed E-state index contributed by atoms with van der Waals surface area (Å²) in [4.78, 5) is 16.5. The lowest BCUT2D eigenvalue weighted by atomic mass is 10.2. The van der Waals surface area contributed by atoms with Crippen LogP contribution in [0.4, 0.5) is 0 Å². The van der Waals surface area contributed by atoms with Gasteiger partial charge in [-0.15, -0.1) is 0 Å². The number of piperazine rings is 1. The highest BCUT2D eigenvalue weighted by Gasteiger charge is 2.21. The molecule has 0 radical (unpaired) electrons. The molecule has 5 nitrogen and oxygen atoms in total. The van der Waals surface area contributed by atoms with Gasteiger partial charge in [0.15, 0.2) is 0 Å². The van der Waals surface area contributed by atoms with Crippen LogP contribution in [0.3, 0.4) is 0 Å². The smallest absolute Gasteiger partial charge is 0.226 e. The van der Waals surface area contributed by atoms with Gasteiger partial charge >= 0.3 is 0 Å². The van der Waals surface area contributed by atoms with Crippen LogP contribution in [0.2, 0.25) is 0 Å². The van der Waals surface area contributed by atoms with Crippen LogP contribution < -0.4 is 4.74 Å². The molecule has 1 heterocycles. The minimum atomic E-state index is 0.156. The summed E-state index contributed by atoms with van der Waals surface area (Å²) in [5.41, 5.74) is 0. The van der Waals surface area contributed by atoms with E-state index in [-0.39, 0.29) is 11.7 Å². The average Bonchev–Trinajstić information content (AvgIpc) is 2.49. The first-order valence-corrected chi connectivity index (χ1v) is 7.96. The molecular formula is C17H26N2O3. The Hall–Kier alpha value is -1.75. The Morgan fingerprint density at radius 3 is 2.41 bits per heavy atom. The first-order valence-electron chi connectivity index (χ1n) is 7.96. The lowest BCUT2D eigenvalue weighted by Crippen LogP contribution is -2.49. The number of rotatable bonds is 6. The Labute approximate surface area is 132 Å². The molecule has 1 aliphatic rings. The molecule has 0 bridgehead atoms. The molecule has 122 valence electrons. The third kappa shape index (κ3) is 5.22. The summed E-state index contributed by atoms with van der Waals surface area (Å²) in [5.74, 6) is 1.71. The number of benzene rings is 1. The number of hydrogen-bond acceptors (Lipinski definition) is 4. The van der Waals surface area contributed by atoms with Crippen molar-refractivity contribution in [3.8, 4) is 11.5 Å². The van der Waals surface area contributed by atoms with E-state index in [1.165, 1.54) is 0 Å². The van der Waals surface area contributed by atoms with Crippen LogP contribution in [0.5, 0.6) is 11.5 Å². The minimum absolute atomic E-state index is 0.156. The SMILES string of the molecule is CC(C)CN1CCN(C(=O)CCOc2ccc(O)cc2)CC1. The monoisotopic (exact) mass is 306 g/mol. The number of ether oxygens (including phenoxy) is 1. The molecule has 1 aromatic carbocycles. The molecule has 0 aliphatic carbocycles. The molecule has 1 amide bonds. The summed E-state index contributed by atoms with van der Waals surface area (Å²) < 4.78 is 5.53. The molecule has 0 saturated carbocycles. The molecule has 1 aliphatic heterocycles. The zero-order valence-electron chi connectivity index (χ0n) is 13.5. The van der Waals surface area contributed by atoms with E-state index in [1.807, 2.05) is 4.90 Å². The van der Waals surface area contributed by atoms with Gasteiger partial charge in [-0.25, -0.2) is 0 Å². The highest BCUT2D eigenvalue weighted by molar-refractivity contribution is 5.76. The van der Waals surface area contributed by atoms with Crippen molar-refractivity contribution in [3.05, 3.63) is 24.3 Å². The van der Waals surface area contributed by atoms with Crippen molar-refractivity contribution < 1.29 is 14.6 Å². The summed E-state index contributed by atoms with van der Waals surface area (Å²) in [7, 11) is 0. The van der Waals surface area contributed by atoms with Crippen molar-refractivity contribution in [1.82, 2.24) is 9.80 Å². The van der Waals surface area contributed by atoms with Gasteiger partial charge in [0.05, 0.1) is 13.0 Å². The van der Waals surface area contributed by atoms with Crippen LogP contribution >= 0.6 is 0 Å². The van der Waals surface area contributed by atoms with E-state index in [4.69, 9.17) is 4.74 Å². The van der Waals surface area contributed by atoms with Gasteiger partial charge in [0.1, 0.15) is 11.5 Å². The van der Waals surface area contributed by atoms with Crippen LogP contribution in [0.15, 0.2) is 24.3 Å². The molecule has 0 unspecified atom stereocenters. The van der Waals surface area contributed by atoms with E-state index in [1.54, 1.807) is 24.3 Å². The number of phenols is 1. The normalized spacial score (nSPS) is 16.0. The third-order valence-electron chi connectivity index (χ3n) is 3.77.